The highest BCUT2D eigenvalue weighted by Crippen LogP contribution is 2.23. The van der Waals surface area contributed by atoms with E-state index in [-0.39, 0.29) is 18.6 Å². The number of aromatic nitrogens is 1. The number of thiazole rings is 1. The Bertz CT molecular complexity index is 679. The summed E-state index contributed by atoms with van der Waals surface area (Å²) in [5, 5.41) is 5.87. The monoisotopic (exact) mass is 318 g/mol. The number of benzene rings is 1. The molecule has 22 heavy (non-hydrogen) atoms. The van der Waals surface area contributed by atoms with Crippen LogP contribution in [-0.2, 0) is 4.79 Å². The van der Waals surface area contributed by atoms with Gasteiger partial charge < -0.3 is 10.1 Å². The van der Waals surface area contributed by atoms with E-state index in [0.29, 0.717) is 0 Å². The highest BCUT2D eigenvalue weighted by atomic mass is 32.1. The topological polar surface area (TPSA) is 51.2 Å². The van der Waals surface area contributed by atoms with E-state index in [1.54, 1.807) is 11.3 Å². The van der Waals surface area contributed by atoms with Crippen molar-refractivity contribution in [3.63, 3.8) is 0 Å². The standard InChI is InChI=1S/C17H22N2O2S/c1-10-6-11(2)12(3)16(7-10)21-8-17(20)18-13(4)15-9-22-14(5)19-15/h6-7,9,13H,8H2,1-5H3,(H,18,20). The van der Waals surface area contributed by atoms with E-state index in [0.717, 1.165) is 27.6 Å². The average molecular weight is 318 g/mol. The van der Waals surface area contributed by atoms with Crippen LogP contribution in [-0.4, -0.2) is 17.5 Å². The fourth-order valence-corrected chi connectivity index (χ4v) is 2.94. The Morgan fingerprint density at radius 3 is 2.68 bits per heavy atom. The van der Waals surface area contributed by atoms with Crippen LogP contribution in [0, 0.1) is 27.7 Å². The Hall–Kier alpha value is -1.88. The number of amides is 1. The summed E-state index contributed by atoms with van der Waals surface area (Å²) in [5.74, 6) is 0.626. The van der Waals surface area contributed by atoms with Crippen molar-refractivity contribution in [2.45, 2.75) is 40.7 Å². The lowest BCUT2D eigenvalue weighted by Gasteiger charge is -2.14. The zero-order valence-corrected chi connectivity index (χ0v) is 14.5. The number of nitrogens with one attached hydrogen (secondary N) is 1. The first-order valence-electron chi connectivity index (χ1n) is 7.29. The molecule has 0 radical (unpaired) electrons. The van der Waals surface area contributed by atoms with E-state index in [9.17, 15) is 4.79 Å². The predicted molar refractivity (Wildman–Crippen MR) is 89.6 cm³/mol. The van der Waals surface area contributed by atoms with Crippen LogP contribution in [0.2, 0.25) is 0 Å². The Morgan fingerprint density at radius 2 is 2.05 bits per heavy atom. The number of hydrogen-bond acceptors (Lipinski definition) is 4. The van der Waals surface area contributed by atoms with E-state index in [1.165, 1.54) is 5.56 Å². The SMILES string of the molecule is Cc1cc(C)c(C)c(OCC(=O)NC(C)c2csc(C)n2)c1. The summed E-state index contributed by atoms with van der Waals surface area (Å²) in [6, 6.07) is 3.96. The van der Waals surface area contributed by atoms with Gasteiger partial charge in [0.2, 0.25) is 0 Å². The van der Waals surface area contributed by atoms with Gasteiger partial charge in [-0.05, 0) is 57.4 Å². The number of nitrogens with zero attached hydrogens (tertiary/aromatic N) is 1. The van der Waals surface area contributed by atoms with Crippen molar-refractivity contribution in [1.82, 2.24) is 10.3 Å². The minimum Gasteiger partial charge on any atom is -0.483 e. The molecule has 2 aromatic rings. The van der Waals surface area contributed by atoms with Crippen LogP contribution in [0.15, 0.2) is 17.5 Å². The molecule has 1 amide bonds. The quantitative estimate of drug-likeness (QED) is 0.916. The lowest BCUT2D eigenvalue weighted by atomic mass is 10.1. The Morgan fingerprint density at radius 1 is 1.32 bits per heavy atom. The van der Waals surface area contributed by atoms with Gasteiger partial charge in [0.15, 0.2) is 6.61 Å². The van der Waals surface area contributed by atoms with Crippen molar-refractivity contribution < 1.29 is 9.53 Å². The van der Waals surface area contributed by atoms with E-state index < -0.39 is 0 Å². The molecule has 1 unspecified atom stereocenters. The molecule has 0 saturated carbocycles. The molecule has 0 aliphatic rings. The maximum absolute atomic E-state index is 12.0. The van der Waals surface area contributed by atoms with Gasteiger partial charge in [-0.25, -0.2) is 4.98 Å². The zero-order chi connectivity index (χ0) is 16.3. The van der Waals surface area contributed by atoms with Gasteiger partial charge in [0, 0.05) is 5.38 Å². The summed E-state index contributed by atoms with van der Waals surface area (Å²) in [5.41, 5.74) is 4.26. The number of aryl methyl sites for hydroxylation is 3. The lowest BCUT2D eigenvalue weighted by molar-refractivity contribution is -0.123. The first kappa shape index (κ1) is 16.5. The van der Waals surface area contributed by atoms with Crippen LogP contribution < -0.4 is 10.1 Å². The normalized spacial score (nSPS) is 12.0. The summed E-state index contributed by atoms with van der Waals surface area (Å²) in [6.07, 6.45) is 0. The molecule has 1 aromatic carbocycles. The molecule has 1 heterocycles. The fraction of sp³-hybridized carbons (Fsp3) is 0.412. The molecule has 5 heteroatoms. The highest BCUT2D eigenvalue weighted by molar-refractivity contribution is 7.09. The van der Waals surface area contributed by atoms with Crippen molar-refractivity contribution in [2.24, 2.45) is 0 Å². The summed E-state index contributed by atoms with van der Waals surface area (Å²) >= 11 is 1.58. The molecule has 1 atom stereocenters. The van der Waals surface area contributed by atoms with Crippen LogP contribution in [0.4, 0.5) is 0 Å². The average Bonchev–Trinajstić information content (AvgIpc) is 2.88. The molecule has 1 aromatic heterocycles. The maximum Gasteiger partial charge on any atom is 0.258 e. The highest BCUT2D eigenvalue weighted by Gasteiger charge is 2.13. The molecular formula is C17H22N2O2S. The summed E-state index contributed by atoms with van der Waals surface area (Å²) in [4.78, 5) is 16.4. The van der Waals surface area contributed by atoms with Crippen molar-refractivity contribution >= 4 is 17.2 Å². The molecule has 0 bridgehead atoms. The van der Waals surface area contributed by atoms with Gasteiger partial charge in [-0.3, -0.25) is 4.79 Å². The van der Waals surface area contributed by atoms with Gasteiger partial charge in [-0.2, -0.15) is 0 Å². The molecule has 0 aliphatic heterocycles. The van der Waals surface area contributed by atoms with Crippen LogP contribution in [0.3, 0.4) is 0 Å². The fourth-order valence-electron chi connectivity index (χ4n) is 2.23. The van der Waals surface area contributed by atoms with Crippen LogP contribution >= 0.6 is 11.3 Å². The molecule has 0 aliphatic carbocycles. The summed E-state index contributed by atoms with van der Waals surface area (Å²) < 4.78 is 5.67. The van der Waals surface area contributed by atoms with Crippen LogP contribution in [0.25, 0.3) is 0 Å². The van der Waals surface area contributed by atoms with Gasteiger partial charge >= 0.3 is 0 Å². The molecule has 0 fully saturated rings. The molecule has 0 saturated heterocycles. The Labute approximate surface area is 135 Å². The Balaban J connectivity index is 1.93. The van der Waals surface area contributed by atoms with E-state index >= 15 is 0 Å². The number of hydrogen-bond donors (Lipinski definition) is 1. The maximum atomic E-state index is 12.0. The lowest BCUT2D eigenvalue weighted by Crippen LogP contribution is -2.31. The van der Waals surface area contributed by atoms with E-state index in [2.05, 4.69) is 16.4 Å². The van der Waals surface area contributed by atoms with Crippen molar-refractivity contribution in [3.8, 4) is 5.75 Å². The second kappa shape index (κ2) is 6.92. The third kappa shape index (κ3) is 4.07. The molecule has 118 valence electrons. The number of carbonyl (C=O) groups is 1. The van der Waals surface area contributed by atoms with Crippen LogP contribution in [0.1, 0.15) is 40.4 Å². The molecular weight excluding hydrogens is 296 g/mol. The number of rotatable bonds is 5. The predicted octanol–water partition coefficient (Wildman–Crippen LogP) is 3.63. The third-order valence-corrected chi connectivity index (χ3v) is 4.37. The van der Waals surface area contributed by atoms with Crippen LogP contribution in [0.5, 0.6) is 5.75 Å². The number of ether oxygens (including phenoxy) is 1. The van der Waals surface area contributed by atoms with E-state index in [1.807, 2.05) is 46.1 Å². The van der Waals surface area contributed by atoms with Gasteiger partial charge in [-0.1, -0.05) is 6.07 Å². The van der Waals surface area contributed by atoms with Gasteiger partial charge in [0.25, 0.3) is 5.91 Å². The van der Waals surface area contributed by atoms with Crippen molar-refractivity contribution in [3.05, 3.63) is 44.9 Å². The summed E-state index contributed by atoms with van der Waals surface area (Å²) in [7, 11) is 0. The van der Waals surface area contributed by atoms with Gasteiger partial charge in [-0.15, -0.1) is 11.3 Å². The zero-order valence-electron chi connectivity index (χ0n) is 13.7. The molecule has 0 spiro atoms. The first-order valence-corrected chi connectivity index (χ1v) is 8.17. The second-order valence-corrected chi connectivity index (χ2v) is 6.64. The third-order valence-electron chi connectivity index (χ3n) is 3.58. The molecule has 2 rings (SSSR count). The second-order valence-electron chi connectivity index (χ2n) is 5.57. The van der Waals surface area contributed by atoms with Gasteiger partial charge in [0.1, 0.15) is 5.75 Å². The smallest absolute Gasteiger partial charge is 0.258 e. The molecule has 4 nitrogen and oxygen atoms in total. The largest absolute Gasteiger partial charge is 0.483 e. The minimum absolute atomic E-state index is 0.0111. The van der Waals surface area contributed by atoms with E-state index in [4.69, 9.17) is 4.74 Å². The first-order chi connectivity index (χ1) is 10.4. The van der Waals surface area contributed by atoms with Crippen molar-refractivity contribution in [2.75, 3.05) is 6.61 Å². The van der Waals surface area contributed by atoms with Crippen molar-refractivity contribution in [1.29, 1.82) is 0 Å². The van der Waals surface area contributed by atoms with Gasteiger partial charge in [0.05, 0.1) is 16.7 Å². The minimum atomic E-state index is -0.142. The Kier molecular flexibility index (Phi) is 5.19. The molecule has 1 N–H and O–H groups in total. The summed E-state index contributed by atoms with van der Waals surface area (Å²) in [6.45, 7) is 9.96. The number of carbonyl (C=O) groups excluding carboxylic acids is 1.